The minimum absolute atomic E-state index is 0.189. The smallest absolute Gasteiger partial charge is 0.164 e. The van der Waals surface area contributed by atoms with Crippen LogP contribution in [0.5, 0.6) is 0 Å². The van der Waals surface area contributed by atoms with Gasteiger partial charge in [-0.25, -0.2) is 4.74 Å². The molecule has 2 heteroatoms. The van der Waals surface area contributed by atoms with Crippen molar-refractivity contribution in [3.05, 3.63) is 5.21 Å². The average molecular weight is 167 g/mol. The molecule has 1 aliphatic carbocycles. The summed E-state index contributed by atoms with van der Waals surface area (Å²) in [6.45, 7) is 6.74. The number of fused-ring (bicyclic) bond motifs is 2. The molecule has 1 heterocycles. The standard InChI is InChI=1S/C10H17NO/c1-9(2)4-8-5-10(3,6-9)7-11(8)12/h7-8H,4-6H2,1-3H3/t8-,10-/m1/s1. The highest BCUT2D eigenvalue weighted by atomic mass is 16.5. The summed E-state index contributed by atoms with van der Waals surface area (Å²) < 4.78 is 1.19. The summed E-state index contributed by atoms with van der Waals surface area (Å²) in [5.74, 6) is 0. The van der Waals surface area contributed by atoms with Crippen LogP contribution in [-0.4, -0.2) is 17.0 Å². The third-order valence-corrected chi connectivity index (χ3v) is 3.17. The first-order valence-corrected chi connectivity index (χ1v) is 4.72. The van der Waals surface area contributed by atoms with Crippen molar-refractivity contribution in [1.29, 1.82) is 0 Å². The van der Waals surface area contributed by atoms with Crippen LogP contribution < -0.4 is 0 Å². The van der Waals surface area contributed by atoms with Gasteiger partial charge in [0, 0.05) is 12.8 Å². The van der Waals surface area contributed by atoms with Crippen molar-refractivity contribution >= 4 is 6.21 Å². The summed E-state index contributed by atoms with van der Waals surface area (Å²) in [6, 6.07) is 0.263. The predicted molar refractivity (Wildman–Crippen MR) is 49.2 cm³/mol. The van der Waals surface area contributed by atoms with E-state index in [1.165, 1.54) is 4.74 Å². The molecule has 2 atom stereocenters. The number of hydrogen-bond donors (Lipinski definition) is 0. The summed E-state index contributed by atoms with van der Waals surface area (Å²) in [7, 11) is 0. The van der Waals surface area contributed by atoms with Crippen LogP contribution in [-0.2, 0) is 0 Å². The molecule has 0 aromatic rings. The van der Waals surface area contributed by atoms with Crippen LogP contribution in [0.3, 0.4) is 0 Å². The zero-order valence-corrected chi connectivity index (χ0v) is 8.13. The lowest BCUT2D eigenvalue weighted by Crippen LogP contribution is -2.34. The molecule has 0 N–H and O–H groups in total. The Morgan fingerprint density at radius 1 is 1.33 bits per heavy atom. The van der Waals surface area contributed by atoms with Gasteiger partial charge in [-0.1, -0.05) is 20.8 Å². The van der Waals surface area contributed by atoms with E-state index < -0.39 is 0 Å². The van der Waals surface area contributed by atoms with E-state index in [1.807, 2.05) is 6.21 Å². The molecule has 0 unspecified atom stereocenters. The van der Waals surface area contributed by atoms with E-state index in [0.29, 0.717) is 5.41 Å². The first kappa shape index (κ1) is 8.09. The van der Waals surface area contributed by atoms with Gasteiger partial charge < -0.3 is 5.21 Å². The SMILES string of the molecule is CC1(C)C[C@@H]2C[C@@](C)(C=[N+]2[O-])C1. The van der Waals surface area contributed by atoms with Crippen molar-refractivity contribution in [3.63, 3.8) is 0 Å². The van der Waals surface area contributed by atoms with Crippen LogP contribution >= 0.6 is 0 Å². The van der Waals surface area contributed by atoms with Gasteiger partial charge in [0.2, 0.25) is 0 Å². The minimum atomic E-state index is 0.189. The van der Waals surface area contributed by atoms with Crippen LogP contribution in [0.1, 0.15) is 40.0 Å². The maximum absolute atomic E-state index is 11.4. The van der Waals surface area contributed by atoms with Crippen molar-refractivity contribution < 1.29 is 4.74 Å². The number of rotatable bonds is 0. The zero-order valence-electron chi connectivity index (χ0n) is 8.13. The molecule has 2 aliphatic rings. The molecule has 2 bridgehead atoms. The Morgan fingerprint density at radius 3 is 2.58 bits per heavy atom. The van der Waals surface area contributed by atoms with E-state index >= 15 is 0 Å². The Hall–Kier alpha value is -0.530. The molecular formula is C10H17NO. The highest BCUT2D eigenvalue weighted by molar-refractivity contribution is 5.62. The Balaban J connectivity index is 2.29. The molecule has 0 saturated heterocycles. The van der Waals surface area contributed by atoms with Crippen molar-refractivity contribution in [2.75, 3.05) is 0 Å². The van der Waals surface area contributed by atoms with Crippen LogP contribution in [0, 0.1) is 16.0 Å². The summed E-state index contributed by atoms with van der Waals surface area (Å²) in [5, 5.41) is 11.4. The van der Waals surface area contributed by atoms with Crippen LogP contribution in [0.4, 0.5) is 0 Å². The number of hydrogen-bond acceptors (Lipinski definition) is 1. The van der Waals surface area contributed by atoms with Gasteiger partial charge in [-0.15, -0.1) is 0 Å². The maximum Gasteiger partial charge on any atom is 0.164 e. The fraction of sp³-hybridized carbons (Fsp3) is 0.900. The van der Waals surface area contributed by atoms with Crippen molar-refractivity contribution in [3.8, 4) is 0 Å². The second-order valence-corrected chi connectivity index (χ2v) is 5.55. The lowest BCUT2D eigenvalue weighted by atomic mass is 9.65. The lowest BCUT2D eigenvalue weighted by molar-refractivity contribution is -0.492. The Kier molecular flexibility index (Phi) is 1.37. The van der Waals surface area contributed by atoms with Gasteiger partial charge in [-0.05, 0) is 11.8 Å². The fourth-order valence-electron chi connectivity index (χ4n) is 3.18. The molecule has 0 aromatic carbocycles. The van der Waals surface area contributed by atoms with Crippen molar-refractivity contribution in [2.45, 2.75) is 46.1 Å². The normalized spacial score (nSPS) is 44.2. The van der Waals surface area contributed by atoms with Gasteiger partial charge in [0.15, 0.2) is 12.3 Å². The number of hydroxylamine groups is 1. The summed E-state index contributed by atoms with van der Waals surface area (Å²) in [4.78, 5) is 0. The minimum Gasteiger partial charge on any atom is -0.624 e. The van der Waals surface area contributed by atoms with E-state index in [1.54, 1.807) is 0 Å². The quantitative estimate of drug-likeness (QED) is 0.401. The molecule has 1 fully saturated rings. The summed E-state index contributed by atoms with van der Waals surface area (Å²) in [6.07, 6.45) is 5.18. The highest BCUT2D eigenvalue weighted by Crippen LogP contribution is 2.48. The van der Waals surface area contributed by atoms with E-state index in [-0.39, 0.29) is 11.5 Å². The Bertz CT molecular complexity index is 244. The monoisotopic (exact) mass is 167 g/mol. The highest BCUT2D eigenvalue weighted by Gasteiger charge is 2.49. The van der Waals surface area contributed by atoms with E-state index in [2.05, 4.69) is 20.8 Å². The molecule has 12 heavy (non-hydrogen) atoms. The van der Waals surface area contributed by atoms with Gasteiger partial charge >= 0.3 is 0 Å². The molecule has 1 aliphatic heterocycles. The van der Waals surface area contributed by atoms with Crippen LogP contribution in [0.2, 0.25) is 0 Å². The molecular weight excluding hydrogens is 150 g/mol. The first-order valence-electron chi connectivity index (χ1n) is 4.72. The van der Waals surface area contributed by atoms with E-state index in [9.17, 15) is 5.21 Å². The van der Waals surface area contributed by atoms with Gasteiger partial charge in [0.25, 0.3) is 0 Å². The second-order valence-electron chi connectivity index (χ2n) is 5.55. The first-order chi connectivity index (χ1) is 5.40. The molecule has 0 amide bonds. The maximum atomic E-state index is 11.4. The predicted octanol–water partition coefficient (Wildman–Crippen LogP) is 2.17. The van der Waals surface area contributed by atoms with Gasteiger partial charge in [0.1, 0.15) is 0 Å². The van der Waals surface area contributed by atoms with Gasteiger partial charge in [0.05, 0.1) is 5.41 Å². The molecule has 2 nitrogen and oxygen atoms in total. The average Bonchev–Trinajstić information content (AvgIpc) is 1.99. The van der Waals surface area contributed by atoms with Crippen molar-refractivity contribution in [2.24, 2.45) is 10.8 Å². The summed E-state index contributed by atoms with van der Waals surface area (Å²) >= 11 is 0. The Labute approximate surface area is 73.9 Å². The zero-order chi connectivity index (χ0) is 8.98. The second kappa shape index (κ2) is 2.04. The largest absolute Gasteiger partial charge is 0.624 e. The molecule has 2 rings (SSSR count). The van der Waals surface area contributed by atoms with Crippen LogP contribution in [0.25, 0.3) is 0 Å². The molecule has 0 aromatic heterocycles. The number of nitrogens with zero attached hydrogens (tertiary/aromatic N) is 1. The van der Waals surface area contributed by atoms with Crippen molar-refractivity contribution in [1.82, 2.24) is 0 Å². The summed E-state index contributed by atoms with van der Waals surface area (Å²) in [5.41, 5.74) is 0.543. The van der Waals surface area contributed by atoms with E-state index in [0.717, 1.165) is 19.3 Å². The molecule has 68 valence electrons. The molecule has 1 saturated carbocycles. The topological polar surface area (TPSA) is 26.1 Å². The Morgan fingerprint density at radius 2 is 2.00 bits per heavy atom. The molecule has 0 spiro atoms. The van der Waals surface area contributed by atoms with Crippen LogP contribution in [0.15, 0.2) is 0 Å². The van der Waals surface area contributed by atoms with E-state index in [4.69, 9.17) is 0 Å². The third-order valence-electron chi connectivity index (χ3n) is 3.17. The lowest BCUT2D eigenvalue weighted by Gasteiger charge is -2.36. The fourth-order valence-corrected chi connectivity index (χ4v) is 3.18. The van der Waals surface area contributed by atoms with Gasteiger partial charge in [-0.3, -0.25) is 0 Å². The molecule has 0 radical (unpaired) electrons. The third kappa shape index (κ3) is 1.13. The van der Waals surface area contributed by atoms with Gasteiger partial charge in [-0.2, -0.15) is 0 Å².